The molecule has 1 rings (SSSR count). The van der Waals surface area contributed by atoms with Crippen molar-refractivity contribution in [3.05, 3.63) is 28.2 Å². The van der Waals surface area contributed by atoms with Gasteiger partial charge in [0.25, 0.3) is 0 Å². The van der Waals surface area contributed by atoms with Crippen LogP contribution < -0.4 is 16.2 Å². The molecule has 1 aromatic rings. The van der Waals surface area contributed by atoms with Crippen molar-refractivity contribution in [2.24, 2.45) is 11.5 Å². The molecule has 5 N–H and O–H groups in total. The molecule has 1 aromatic carbocycles. The van der Waals surface area contributed by atoms with Crippen LogP contribution in [0, 0.1) is 0 Å². The predicted molar refractivity (Wildman–Crippen MR) is 92.6 cm³/mol. The molecule has 0 saturated carbocycles. The van der Waals surface area contributed by atoms with E-state index in [4.69, 9.17) is 11.5 Å². The first-order valence-corrected chi connectivity index (χ1v) is 8.80. The molecule has 0 aliphatic carbocycles. The SMILES string of the molecule is CCC(N)(CC)CNS(=O)(=O)c1cc(Br)cc(C(N)=O)c1.Cl. The fraction of sp³-hybridized carbons (Fsp3) is 0.462. The number of nitrogens with two attached hydrogens (primary N) is 2. The highest BCUT2D eigenvalue weighted by Gasteiger charge is 2.24. The van der Waals surface area contributed by atoms with E-state index >= 15 is 0 Å². The third-order valence-corrected chi connectivity index (χ3v) is 5.33. The van der Waals surface area contributed by atoms with E-state index < -0.39 is 21.5 Å². The maximum Gasteiger partial charge on any atom is 0.248 e. The van der Waals surface area contributed by atoms with Crippen molar-refractivity contribution in [3.63, 3.8) is 0 Å². The molecule has 0 spiro atoms. The van der Waals surface area contributed by atoms with Gasteiger partial charge in [0.05, 0.1) is 4.90 Å². The zero-order chi connectivity index (χ0) is 16.3. The summed E-state index contributed by atoms with van der Waals surface area (Å²) in [6, 6.07) is 4.11. The minimum atomic E-state index is -3.76. The van der Waals surface area contributed by atoms with Gasteiger partial charge in [-0.2, -0.15) is 0 Å². The second kappa shape index (κ2) is 8.26. The van der Waals surface area contributed by atoms with Crippen LogP contribution in [-0.4, -0.2) is 26.4 Å². The largest absolute Gasteiger partial charge is 0.366 e. The van der Waals surface area contributed by atoms with E-state index in [1.165, 1.54) is 18.2 Å². The average molecular weight is 415 g/mol. The zero-order valence-corrected chi connectivity index (χ0v) is 15.6. The highest BCUT2D eigenvalue weighted by atomic mass is 79.9. The molecule has 0 aliphatic heterocycles. The third-order valence-electron chi connectivity index (χ3n) is 3.49. The Hall–Kier alpha value is -0.670. The molecular formula is C13H21BrClN3O3S. The van der Waals surface area contributed by atoms with Crippen LogP contribution in [0.4, 0.5) is 0 Å². The van der Waals surface area contributed by atoms with Crippen LogP contribution in [0.5, 0.6) is 0 Å². The molecule has 126 valence electrons. The summed E-state index contributed by atoms with van der Waals surface area (Å²) in [5, 5.41) is 0. The number of sulfonamides is 1. The number of hydrogen-bond acceptors (Lipinski definition) is 4. The van der Waals surface area contributed by atoms with E-state index in [0.29, 0.717) is 17.3 Å². The Kier molecular flexibility index (Phi) is 8.01. The molecule has 6 nitrogen and oxygen atoms in total. The van der Waals surface area contributed by atoms with Crippen molar-refractivity contribution in [1.29, 1.82) is 0 Å². The van der Waals surface area contributed by atoms with Crippen molar-refractivity contribution in [1.82, 2.24) is 4.72 Å². The Labute approximate surface area is 145 Å². The summed E-state index contributed by atoms with van der Waals surface area (Å²) in [6.07, 6.45) is 1.30. The van der Waals surface area contributed by atoms with Crippen molar-refractivity contribution in [2.75, 3.05) is 6.54 Å². The monoisotopic (exact) mass is 413 g/mol. The number of carbonyl (C=O) groups excluding carboxylic acids is 1. The van der Waals surface area contributed by atoms with Crippen molar-refractivity contribution < 1.29 is 13.2 Å². The van der Waals surface area contributed by atoms with Crippen molar-refractivity contribution in [3.8, 4) is 0 Å². The maximum atomic E-state index is 12.3. The molecular weight excluding hydrogens is 394 g/mol. The van der Waals surface area contributed by atoms with Gasteiger partial charge in [-0.3, -0.25) is 4.79 Å². The molecule has 0 heterocycles. The molecule has 0 bridgehead atoms. The van der Waals surface area contributed by atoms with Crippen LogP contribution in [0.25, 0.3) is 0 Å². The number of halogens is 2. The predicted octanol–water partition coefficient (Wildman–Crippen LogP) is 1.77. The molecule has 1 amide bonds. The van der Waals surface area contributed by atoms with E-state index in [1.807, 2.05) is 13.8 Å². The highest BCUT2D eigenvalue weighted by molar-refractivity contribution is 9.10. The molecule has 0 aromatic heterocycles. The first-order chi connectivity index (χ1) is 9.63. The second-order valence-corrected chi connectivity index (χ2v) is 7.62. The van der Waals surface area contributed by atoms with Gasteiger partial charge < -0.3 is 11.5 Å². The van der Waals surface area contributed by atoms with E-state index in [-0.39, 0.29) is 29.4 Å². The molecule has 0 aliphatic rings. The van der Waals surface area contributed by atoms with Gasteiger partial charge in [-0.15, -0.1) is 12.4 Å². The topological polar surface area (TPSA) is 115 Å². The molecule has 0 saturated heterocycles. The van der Waals surface area contributed by atoms with Gasteiger partial charge in [-0.05, 0) is 31.0 Å². The summed E-state index contributed by atoms with van der Waals surface area (Å²) in [5.41, 5.74) is 10.8. The Morgan fingerprint density at radius 1 is 1.27 bits per heavy atom. The van der Waals surface area contributed by atoms with Crippen LogP contribution in [0.1, 0.15) is 37.0 Å². The summed E-state index contributed by atoms with van der Waals surface area (Å²) >= 11 is 3.17. The normalized spacial score (nSPS) is 11.8. The van der Waals surface area contributed by atoms with Crippen LogP contribution in [0.15, 0.2) is 27.6 Å². The average Bonchev–Trinajstić information content (AvgIpc) is 2.44. The lowest BCUT2D eigenvalue weighted by atomic mass is 9.95. The quantitative estimate of drug-likeness (QED) is 0.630. The summed E-state index contributed by atoms with van der Waals surface area (Å²) in [5.74, 6) is -0.692. The first kappa shape index (κ1) is 21.3. The number of hydrogen-bond donors (Lipinski definition) is 3. The van der Waals surface area contributed by atoms with Gasteiger partial charge in [-0.25, -0.2) is 13.1 Å². The second-order valence-electron chi connectivity index (χ2n) is 4.93. The number of primary amides is 1. The smallest absolute Gasteiger partial charge is 0.248 e. The fourth-order valence-corrected chi connectivity index (χ4v) is 3.54. The van der Waals surface area contributed by atoms with Gasteiger partial charge >= 0.3 is 0 Å². The number of rotatable bonds is 7. The van der Waals surface area contributed by atoms with Crippen LogP contribution in [0.2, 0.25) is 0 Å². The van der Waals surface area contributed by atoms with Crippen LogP contribution in [0.3, 0.4) is 0 Å². The summed E-state index contributed by atoms with van der Waals surface area (Å²) < 4.78 is 27.5. The third kappa shape index (κ3) is 5.51. The van der Waals surface area contributed by atoms with Gasteiger partial charge in [0.1, 0.15) is 0 Å². The van der Waals surface area contributed by atoms with Crippen molar-refractivity contribution >= 4 is 44.3 Å². The molecule has 22 heavy (non-hydrogen) atoms. The summed E-state index contributed by atoms with van der Waals surface area (Å²) in [4.78, 5) is 11.2. The fourth-order valence-electron chi connectivity index (χ4n) is 1.68. The Morgan fingerprint density at radius 2 is 1.82 bits per heavy atom. The Balaban J connectivity index is 0.00000441. The van der Waals surface area contributed by atoms with Crippen LogP contribution in [-0.2, 0) is 10.0 Å². The van der Waals surface area contributed by atoms with Crippen molar-refractivity contribution in [2.45, 2.75) is 37.1 Å². The van der Waals surface area contributed by atoms with Gasteiger partial charge in [0.15, 0.2) is 0 Å². The maximum absolute atomic E-state index is 12.3. The highest BCUT2D eigenvalue weighted by Crippen LogP contribution is 2.20. The van der Waals surface area contributed by atoms with Gasteiger partial charge in [0.2, 0.25) is 15.9 Å². The molecule has 9 heteroatoms. The summed E-state index contributed by atoms with van der Waals surface area (Å²) in [7, 11) is -3.76. The molecule has 0 fully saturated rings. The van der Waals surface area contributed by atoms with E-state index in [2.05, 4.69) is 20.7 Å². The molecule has 0 radical (unpaired) electrons. The Bertz CT molecular complexity index is 633. The molecule has 0 unspecified atom stereocenters. The molecule has 0 atom stereocenters. The standard InChI is InChI=1S/C13H20BrN3O3S.ClH/c1-3-13(16,4-2)8-17-21(19,20)11-6-9(12(15)18)5-10(14)7-11;/h5-7,17H,3-4,8,16H2,1-2H3,(H2,15,18);1H. The zero-order valence-electron chi connectivity index (χ0n) is 12.4. The lowest BCUT2D eigenvalue weighted by Crippen LogP contribution is -2.49. The minimum absolute atomic E-state index is 0. The number of benzene rings is 1. The van der Waals surface area contributed by atoms with Crippen LogP contribution >= 0.6 is 28.3 Å². The number of carbonyl (C=O) groups is 1. The first-order valence-electron chi connectivity index (χ1n) is 6.52. The van der Waals surface area contributed by atoms with Gasteiger partial charge in [-0.1, -0.05) is 29.8 Å². The van der Waals surface area contributed by atoms with E-state index in [1.54, 1.807) is 0 Å². The minimum Gasteiger partial charge on any atom is -0.366 e. The lowest BCUT2D eigenvalue weighted by molar-refractivity contribution is 0.1000. The number of amides is 1. The van der Waals surface area contributed by atoms with E-state index in [0.717, 1.165) is 0 Å². The van der Waals surface area contributed by atoms with E-state index in [9.17, 15) is 13.2 Å². The number of nitrogens with one attached hydrogen (secondary N) is 1. The Morgan fingerprint density at radius 3 is 2.27 bits per heavy atom. The lowest BCUT2D eigenvalue weighted by Gasteiger charge is -2.26. The van der Waals surface area contributed by atoms with Gasteiger partial charge in [0, 0.05) is 22.1 Å². The summed E-state index contributed by atoms with van der Waals surface area (Å²) in [6.45, 7) is 3.94.